The molecule has 1 aliphatic rings. The van der Waals surface area contributed by atoms with Crippen LogP contribution in [0.5, 0.6) is 0 Å². The van der Waals surface area contributed by atoms with Crippen LogP contribution >= 0.6 is 0 Å². The Balaban J connectivity index is 1.77. The summed E-state index contributed by atoms with van der Waals surface area (Å²) in [5, 5.41) is 0. The molecule has 0 saturated carbocycles. The zero-order valence-electron chi connectivity index (χ0n) is 19.6. The van der Waals surface area contributed by atoms with Crippen molar-refractivity contribution < 1.29 is 22.6 Å². The summed E-state index contributed by atoms with van der Waals surface area (Å²) in [7, 11) is 3.11. The van der Waals surface area contributed by atoms with Crippen molar-refractivity contribution in [2.24, 2.45) is 15.9 Å². The Bertz CT molecular complexity index is 1260. The van der Waals surface area contributed by atoms with Crippen LogP contribution in [0, 0.1) is 12.8 Å². The third kappa shape index (κ3) is 4.24. The lowest BCUT2D eigenvalue weighted by Gasteiger charge is -2.27. The fraction of sp³-hybridized carbons (Fsp3) is 0.417. The van der Waals surface area contributed by atoms with Crippen LogP contribution < -0.4 is 0 Å². The first kappa shape index (κ1) is 23.7. The number of rotatable bonds is 4. The van der Waals surface area contributed by atoms with Crippen molar-refractivity contribution in [2.75, 3.05) is 14.2 Å². The van der Waals surface area contributed by atoms with Crippen molar-refractivity contribution in [3.63, 3.8) is 0 Å². The molecule has 4 heterocycles. The highest BCUT2D eigenvalue weighted by atomic mass is 19.4. The molecule has 0 saturated heterocycles. The lowest BCUT2D eigenvalue weighted by atomic mass is 10.00. The van der Waals surface area contributed by atoms with Crippen molar-refractivity contribution in [2.45, 2.75) is 45.5 Å². The summed E-state index contributed by atoms with van der Waals surface area (Å²) in [6, 6.07) is 4.07. The fourth-order valence-electron chi connectivity index (χ4n) is 4.23. The van der Waals surface area contributed by atoms with Gasteiger partial charge in [0.05, 0.1) is 25.5 Å². The Morgan fingerprint density at radius 3 is 2.38 bits per heavy atom. The molecule has 0 bridgehead atoms. The second kappa shape index (κ2) is 9.08. The predicted octanol–water partition coefficient (Wildman–Crippen LogP) is 4.76. The van der Waals surface area contributed by atoms with Crippen molar-refractivity contribution in [3.05, 3.63) is 53.6 Å². The largest absolute Gasteiger partial charge is 0.483 e. The second-order valence-electron chi connectivity index (χ2n) is 8.46. The number of hydrogen-bond acceptors (Lipinski definition) is 6. The average Bonchev–Trinajstić information content (AvgIpc) is 3.28. The molecule has 2 atom stereocenters. The number of alkyl halides is 3. The normalized spacial score (nSPS) is 18.7. The van der Waals surface area contributed by atoms with Gasteiger partial charge in [-0.15, -0.1) is 0 Å². The molecular weight excluding hydrogens is 447 g/mol. The summed E-state index contributed by atoms with van der Waals surface area (Å²) in [5.41, 5.74) is 0.665. The summed E-state index contributed by atoms with van der Waals surface area (Å²) in [4.78, 5) is 17.8. The molecule has 10 heteroatoms. The predicted molar refractivity (Wildman–Crippen MR) is 123 cm³/mol. The first-order valence-corrected chi connectivity index (χ1v) is 10.9. The Labute approximate surface area is 195 Å². The van der Waals surface area contributed by atoms with Gasteiger partial charge in [0.25, 0.3) is 0 Å². The number of aryl methyl sites for hydroxylation is 1. The molecule has 34 heavy (non-hydrogen) atoms. The van der Waals surface area contributed by atoms with Crippen molar-refractivity contribution in [3.8, 4) is 11.3 Å². The van der Waals surface area contributed by atoms with Crippen molar-refractivity contribution in [1.82, 2.24) is 14.4 Å². The van der Waals surface area contributed by atoms with E-state index in [2.05, 4.69) is 15.0 Å². The first-order valence-electron chi connectivity index (χ1n) is 10.9. The van der Waals surface area contributed by atoms with Gasteiger partial charge in [0.15, 0.2) is 0 Å². The maximum atomic E-state index is 13.8. The third-order valence-electron chi connectivity index (χ3n) is 5.87. The molecule has 0 fully saturated rings. The summed E-state index contributed by atoms with van der Waals surface area (Å²) >= 11 is 0. The minimum absolute atomic E-state index is 0.107. The zero-order chi connectivity index (χ0) is 24.6. The van der Waals surface area contributed by atoms with E-state index < -0.39 is 17.8 Å². The fourth-order valence-corrected chi connectivity index (χ4v) is 4.23. The molecular formula is C24H26F3N5O2. The first-order chi connectivity index (χ1) is 16.2. The molecule has 180 valence electrons. The highest BCUT2D eigenvalue weighted by Gasteiger charge is 2.37. The van der Waals surface area contributed by atoms with Gasteiger partial charge in [-0.3, -0.25) is 4.98 Å². The number of pyridine rings is 2. The lowest BCUT2D eigenvalue weighted by Crippen LogP contribution is -2.38. The van der Waals surface area contributed by atoms with Crippen LogP contribution in [0.3, 0.4) is 0 Å². The summed E-state index contributed by atoms with van der Waals surface area (Å²) < 4.78 is 54.3. The van der Waals surface area contributed by atoms with E-state index in [0.29, 0.717) is 29.4 Å². The number of nitrogens with zero attached hydrogens (tertiary/aromatic N) is 5. The molecule has 3 aromatic rings. The quantitative estimate of drug-likeness (QED) is 0.548. The van der Waals surface area contributed by atoms with Gasteiger partial charge in [-0.1, -0.05) is 13.8 Å². The monoisotopic (exact) mass is 473 g/mol. The van der Waals surface area contributed by atoms with E-state index >= 15 is 0 Å². The Hall–Kier alpha value is -3.43. The number of hydrogen-bond donors (Lipinski definition) is 0. The van der Waals surface area contributed by atoms with E-state index in [0.717, 1.165) is 5.69 Å². The number of aromatic nitrogens is 3. The molecule has 0 amide bonds. The van der Waals surface area contributed by atoms with Gasteiger partial charge < -0.3 is 13.9 Å². The summed E-state index contributed by atoms with van der Waals surface area (Å²) in [6.45, 7) is 5.48. The topological polar surface area (TPSA) is 73.4 Å². The molecule has 3 aromatic heterocycles. The molecule has 0 aromatic carbocycles. The van der Waals surface area contributed by atoms with Crippen LogP contribution in [0.15, 0.2) is 46.8 Å². The van der Waals surface area contributed by atoms with Crippen molar-refractivity contribution in [1.29, 1.82) is 0 Å². The maximum absolute atomic E-state index is 13.8. The standard InChI is InChI=1S/C24H26F3N5O2/c1-13(2)19-23(34-5)30-17(22(31-19)33-4)12-15-6-7-16(21-29-10-11-32(15)21)20-18(24(25,26)27)14(3)8-9-28-20/h6-11,13,17,19H,12H2,1-5H3/t17-,19+/m0/s1. The number of halogens is 3. The zero-order valence-corrected chi connectivity index (χ0v) is 19.6. The minimum atomic E-state index is -4.54. The van der Waals surface area contributed by atoms with Gasteiger partial charge in [-0.05, 0) is 36.6 Å². The van der Waals surface area contributed by atoms with Gasteiger partial charge in [0.2, 0.25) is 11.8 Å². The lowest BCUT2D eigenvalue weighted by molar-refractivity contribution is -0.137. The average molecular weight is 473 g/mol. The van der Waals surface area contributed by atoms with Crippen LogP contribution in [0.1, 0.15) is 30.7 Å². The molecule has 0 N–H and O–H groups in total. The van der Waals surface area contributed by atoms with Gasteiger partial charge in [-0.25, -0.2) is 15.0 Å². The van der Waals surface area contributed by atoms with Gasteiger partial charge >= 0.3 is 6.18 Å². The van der Waals surface area contributed by atoms with E-state index in [1.807, 2.05) is 13.8 Å². The Kier molecular flexibility index (Phi) is 6.33. The smallest absolute Gasteiger partial charge is 0.418 e. The van der Waals surface area contributed by atoms with Crippen LogP contribution in [0.25, 0.3) is 16.9 Å². The molecule has 0 radical (unpaired) electrons. The maximum Gasteiger partial charge on any atom is 0.418 e. The number of imidazole rings is 1. The number of aliphatic imine (C=N–C) groups is 2. The van der Waals surface area contributed by atoms with E-state index in [4.69, 9.17) is 14.5 Å². The van der Waals surface area contributed by atoms with Crippen LogP contribution in [-0.4, -0.2) is 52.5 Å². The molecule has 1 aliphatic heterocycles. The van der Waals surface area contributed by atoms with Crippen LogP contribution in [0.4, 0.5) is 13.2 Å². The van der Waals surface area contributed by atoms with Gasteiger partial charge in [-0.2, -0.15) is 13.2 Å². The number of methoxy groups -OCH3 is 2. The van der Waals surface area contributed by atoms with Gasteiger partial charge in [0.1, 0.15) is 17.7 Å². The molecule has 0 aliphatic carbocycles. The minimum Gasteiger partial charge on any atom is -0.483 e. The van der Waals surface area contributed by atoms with Crippen LogP contribution in [0.2, 0.25) is 0 Å². The summed E-state index contributed by atoms with van der Waals surface area (Å²) in [5.74, 6) is 1.18. The highest BCUT2D eigenvalue weighted by molar-refractivity contribution is 5.94. The number of fused-ring (bicyclic) bond motifs is 1. The Morgan fingerprint density at radius 1 is 1.00 bits per heavy atom. The second-order valence-corrected chi connectivity index (χ2v) is 8.46. The summed E-state index contributed by atoms with van der Waals surface area (Å²) in [6.07, 6.45) is 0.492. The van der Waals surface area contributed by atoms with Crippen LogP contribution in [-0.2, 0) is 22.1 Å². The van der Waals surface area contributed by atoms with Crippen molar-refractivity contribution >= 4 is 17.4 Å². The molecule has 4 rings (SSSR count). The van der Waals surface area contributed by atoms with E-state index in [1.165, 1.54) is 19.2 Å². The molecule has 0 unspecified atom stereocenters. The molecule has 0 spiro atoms. The molecule has 7 nitrogen and oxygen atoms in total. The number of ether oxygens (including phenoxy) is 2. The van der Waals surface area contributed by atoms with E-state index in [1.54, 1.807) is 43.1 Å². The van der Waals surface area contributed by atoms with E-state index in [-0.39, 0.29) is 23.2 Å². The van der Waals surface area contributed by atoms with E-state index in [9.17, 15) is 13.2 Å². The highest BCUT2D eigenvalue weighted by Crippen LogP contribution is 2.39. The Morgan fingerprint density at radius 2 is 1.74 bits per heavy atom. The third-order valence-corrected chi connectivity index (χ3v) is 5.87. The van der Waals surface area contributed by atoms with Gasteiger partial charge in [0, 0.05) is 36.3 Å². The SMILES string of the molecule is COC1=N[C@H](C(C)C)C(OC)=N[C@H]1Cc1ccc(-c2nccc(C)c2C(F)(F)F)c2nccn12.